The minimum absolute atomic E-state index is 0.185. The first kappa shape index (κ1) is 12.3. The zero-order chi connectivity index (χ0) is 14.7. The Labute approximate surface area is 131 Å². The van der Waals surface area contributed by atoms with Crippen molar-refractivity contribution >= 4 is 33.4 Å². The molecule has 1 aliphatic rings. The number of benzene rings is 3. The highest BCUT2D eigenvalue weighted by atomic mass is 32.2. The molecule has 5 rings (SSSR count). The molecule has 0 atom stereocenters. The van der Waals surface area contributed by atoms with Gasteiger partial charge >= 0.3 is 0 Å². The largest absolute Gasteiger partial charge is 0.354 e. The minimum Gasteiger partial charge on any atom is -0.354 e. The predicted octanol–water partition coefficient (Wildman–Crippen LogP) is 5.73. The van der Waals surface area contributed by atoms with Crippen molar-refractivity contribution in [2.75, 3.05) is 0 Å². The Morgan fingerprint density at radius 1 is 0.955 bits per heavy atom. The molecule has 0 saturated carbocycles. The molecule has 106 valence electrons. The molecule has 0 amide bonds. The summed E-state index contributed by atoms with van der Waals surface area (Å²) in [7, 11) is 0. The maximum Gasteiger partial charge on any atom is 0.123 e. The van der Waals surface area contributed by atoms with Gasteiger partial charge in [-0.25, -0.2) is 4.39 Å². The van der Waals surface area contributed by atoms with Gasteiger partial charge in [0.2, 0.25) is 0 Å². The van der Waals surface area contributed by atoms with E-state index in [0.29, 0.717) is 0 Å². The lowest BCUT2D eigenvalue weighted by molar-refractivity contribution is 0.627. The van der Waals surface area contributed by atoms with Crippen LogP contribution in [0.15, 0.2) is 59.5 Å². The Bertz CT molecular complexity index is 1050. The van der Waals surface area contributed by atoms with Crippen LogP contribution in [0.3, 0.4) is 0 Å². The van der Waals surface area contributed by atoms with Crippen molar-refractivity contribution in [3.05, 3.63) is 66.0 Å². The molecule has 1 N–H and O–H groups in total. The monoisotopic (exact) mass is 305 g/mol. The van der Waals surface area contributed by atoms with Gasteiger partial charge in [-0.05, 0) is 29.1 Å². The van der Waals surface area contributed by atoms with E-state index in [0.717, 1.165) is 27.4 Å². The Morgan fingerprint density at radius 3 is 2.82 bits per heavy atom. The van der Waals surface area contributed by atoms with Gasteiger partial charge < -0.3 is 4.98 Å². The number of fused-ring (bicyclic) bond motifs is 7. The molecule has 3 aromatic carbocycles. The summed E-state index contributed by atoms with van der Waals surface area (Å²) < 4.78 is 13.7. The lowest BCUT2D eigenvalue weighted by Gasteiger charge is -2.15. The topological polar surface area (TPSA) is 15.8 Å². The van der Waals surface area contributed by atoms with E-state index in [1.807, 2.05) is 6.07 Å². The first-order chi connectivity index (χ1) is 10.8. The number of hydrogen-bond acceptors (Lipinski definition) is 1. The summed E-state index contributed by atoms with van der Waals surface area (Å²) in [6.07, 6.45) is 0. The van der Waals surface area contributed by atoms with Gasteiger partial charge in [0.05, 0.1) is 11.2 Å². The van der Waals surface area contributed by atoms with Crippen LogP contribution in [0.4, 0.5) is 4.39 Å². The van der Waals surface area contributed by atoms with Gasteiger partial charge in [-0.15, -0.1) is 11.8 Å². The molecule has 0 saturated heterocycles. The summed E-state index contributed by atoms with van der Waals surface area (Å²) in [5.74, 6) is 0.738. The van der Waals surface area contributed by atoms with Gasteiger partial charge in [0.1, 0.15) is 5.82 Å². The summed E-state index contributed by atoms with van der Waals surface area (Å²) >= 11 is 1.78. The quantitative estimate of drug-likeness (QED) is 0.438. The fourth-order valence-corrected chi connectivity index (χ4v) is 4.43. The fraction of sp³-hybridized carbons (Fsp3) is 0.0526. The van der Waals surface area contributed by atoms with Crippen LogP contribution in [-0.2, 0) is 5.75 Å². The van der Waals surface area contributed by atoms with Gasteiger partial charge in [0.15, 0.2) is 0 Å². The van der Waals surface area contributed by atoms with Crippen molar-refractivity contribution in [1.29, 1.82) is 0 Å². The van der Waals surface area contributed by atoms with Crippen molar-refractivity contribution < 1.29 is 4.39 Å². The van der Waals surface area contributed by atoms with E-state index in [2.05, 4.69) is 41.4 Å². The van der Waals surface area contributed by atoms with Crippen LogP contribution < -0.4 is 0 Å². The second-order valence-corrected chi connectivity index (χ2v) is 6.63. The summed E-state index contributed by atoms with van der Waals surface area (Å²) in [6, 6.07) is 17.8. The molecule has 1 aromatic heterocycles. The number of hydrogen-bond donors (Lipinski definition) is 1. The second-order valence-electron chi connectivity index (χ2n) is 5.62. The second kappa shape index (κ2) is 4.37. The van der Waals surface area contributed by atoms with Gasteiger partial charge in [0, 0.05) is 27.0 Å². The normalized spacial score (nSPS) is 13.3. The number of aromatic nitrogens is 1. The Kier molecular flexibility index (Phi) is 2.44. The predicted molar refractivity (Wildman–Crippen MR) is 90.8 cm³/mol. The van der Waals surface area contributed by atoms with E-state index >= 15 is 0 Å². The average Bonchev–Trinajstić information content (AvgIpc) is 2.94. The number of H-pyrrole nitrogens is 1. The molecule has 22 heavy (non-hydrogen) atoms. The summed E-state index contributed by atoms with van der Waals surface area (Å²) in [6.45, 7) is 0. The molecule has 0 bridgehead atoms. The van der Waals surface area contributed by atoms with E-state index in [9.17, 15) is 4.39 Å². The lowest BCUT2D eigenvalue weighted by atomic mass is 10.0. The lowest BCUT2D eigenvalue weighted by Crippen LogP contribution is -1.95. The van der Waals surface area contributed by atoms with Crippen LogP contribution in [0.5, 0.6) is 0 Å². The molecule has 0 radical (unpaired) electrons. The van der Waals surface area contributed by atoms with Gasteiger partial charge in [-0.3, -0.25) is 0 Å². The molecule has 0 fully saturated rings. The zero-order valence-corrected chi connectivity index (χ0v) is 12.5. The third-order valence-electron chi connectivity index (χ3n) is 4.39. The number of aromatic amines is 1. The van der Waals surface area contributed by atoms with E-state index in [-0.39, 0.29) is 5.82 Å². The van der Waals surface area contributed by atoms with E-state index in [1.54, 1.807) is 17.8 Å². The van der Waals surface area contributed by atoms with Gasteiger partial charge in [0.25, 0.3) is 0 Å². The molecule has 4 aromatic rings. The first-order valence-electron chi connectivity index (χ1n) is 7.26. The van der Waals surface area contributed by atoms with Crippen LogP contribution >= 0.6 is 11.8 Å². The highest BCUT2D eigenvalue weighted by Gasteiger charge is 2.22. The van der Waals surface area contributed by atoms with E-state index in [4.69, 9.17) is 0 Å². The van der Waals surface area contributed by atoms with Crippen LogP contribution in [0.25, 0.3) is 32.9 Å². The molecule has 1 nitrogen and oxygen atoms in total. The van der Waals surface area contributed by atoms with Crippen molar-refractivity contribution in [1.82, 2.24) is 4.98 Å². The molecule has 1 aliphatic heterocycles. The Morgan fingerprint density at radius 2 is 1.86 bits per heavy atom. The van der Waals surface area contributed by atoms with Crippen molar-refractivity contribution in [3.63, 3.8) is 0 Å². The van der Waals surface area contributed by atoms with Gasteiger partial charge in [-0.1, -0.05) is 36.4 Å². The maximum atomic E-state index is 13.7. The number of rotatable bonds is 0. The molecule has 0 unspecified atom stereocenters. The van der Waals surface area contributed by atoms with Crippen LogP contribution in [0, 0.1) is 5.82 Å². The highest BCUT2D eigenvalue weighted by Crippen LogP contribution is 2.45. The Hall–Kier alpha value is -2.26. The average molecular weight is 305 g/mol. The standard InChI is InChI=1S/C19H12FNS/c20-12-6-8-17-15(9-12)19-16(10-22-17)14-7-5-11-3-1-2-4-13(11)18(14)21-19/h1-9,21H,10H2. The number of thioether (sulfide) groups is 1. The number of nitrogens with one attached hydrogen (secondary N) is 1. The summed E-state index contributed by atoms with van der Waals surface area (Å²) in [5.41, 5.74) is 4.48. The maximum absolute atomic E-state index is 13.7. The highest BCUT2D eigenvalue weighted by molar-refractivity contribution is 7.98. The molecular weight excluding hydrogens is 293 g/mol. The summed E-state index contributed by atoms with van der Waals surface area (Å²) in [5, 5.41) is 3.69. The number of halogens is 1. The molecule has 0 spiro atoms. The molecular formula is C19H12FNS. The molecule has 2 heterocycles. The van der Waals surface area contributed by atoms with Crippen molar-refractivity contribution in [3.8, 4) is 11.3 Å². The summed E-state index contributed by atoms with van der Waals surface area (Å²) in [4.78, 5) is 4.71. The molecule has 0 aliphatic carbocycles. The van der Waals surface area contributed by atoms with Crippen molar-refractivity contribution in [2.24, 2.45) is 0 Å². The Balaban J connectivity index is 1.91. The van der Waals surface area contributed by atoms with E-state index in [1.165, 1.54) is 27.8 Å². The van der Waals surface area contributed by atoms with Crippen molar-refractivity contribution in [2.45, 2.75) is 10.6 Å². The zero-order valence-electron chi connectivity index (χ0n) is 11.7. The third kappa shape index (κ3) is 1.60. The van der Waals surface area contributed by atoms with Crippen LogP contribution in [-0.4, -0.2) is 4.98 Å². The first-order valence-corrected chi connectivity index (χ1v) is 8.25. The molecule has 3 heteroatoms. The minimum atomic E-state index is -0.185. The third-order valence-corrected chi connectivity index (χ3v) is 5.49. The van der Waals surface area contributed by atoms with Crippen LogP contribution in [0.2, 0.25) is 0 Å². The SMILES string of the molecule is Fc1ccc2c(c1)-c1[nH]c3c(ccc4ccccc43)c1CS2. The fourth-order valence-electron chi connectivity index (χ4n) is 3.35. The smallest absolute Gasteiger partial charge is 0.123 e. The van der Waals surface area contributed by atoms with Crippen LogP contribution in [0.1, 0.15) is 5.56 Å². The van der Waals surface area contributed by atoms with E-state index < -0.39 is 0 Å². The van der Waals surface area contributed by atoms with Gasteiger partial charge in [-0.2, -0.15) is 0 Å².